The predicted molar refractivity (Wildman–Crippen MR) is 138 cm³/mol. The fourth-order valence-electron chi connectivity index (χ4n) is 4.38. The summed E-state index contributed by atoms with van der Waals surface area (Å²) in [7, 11) is 0. The average molecular weight is 495 g/mol. The summed E-state index contributed by atoms with van der Waals surface area (Å²) in [5.74, 6) is -0.933. The van der Waals surface area contributed by atoms with Gasteiger partial charge in [0.1, 0.15) is 0 Å². The molecular weight excluding hydrogens is 480 g/mol. The normalized spacial score (nSPS) is 12.4. The number of benzene rings is 3. The van der Waals surface area contributed by atoms with Gasteiger partial charge in [-0.05, 0) is 30.3 Å². The highest BCUT2D eigenvalue weighted by molar-refractivity contribution is 7.19. The number of rotatable bonds is 3. The molecule has 1 aliphatic carbocycles. The van der Waals surface area contributed by atoms with Gasteiger partial charge in [-0.2, -0.15) is 0 Å². The molecule has 35 heavy (non-hydrogen) atoms. The third-order valence-corrected chi connectivity index (χ3v) is 7.24. The molecule has 0 atom stereocenters. The smallest absolute Gasteiger partial charge is 0.256 e. The van der Waals surface area contributed by atoms with E-state index in [4.69, 9.17) is 16.6 Å². The SMILES string of the molecule is O=C1c2ccccc2C(=O)c2c(NC(=O)c3cc(-c4ccc(Cl)s4)nc4ccccc34)cccc21. The van der Waals surface area contributed by atoms with Crippen LogP contribution in [-0.2, 0) is 0 Å². The maximum atomic E-state index is 13.6. The van der Waals surface area contributed by atoms with Crippen LogP contribution in [0.1, 0.15) is 42.2 Å². The number of pyridine rings is 1. The van der Waals surface area contributed by atoms with Crippen LogP contribution in [0.4, 0.5) is 5.69 Å². The maximum absolute atomic E-state index is 13.6. The monoisotopic (exact) mass is 494 g/mol. The first-order chi connectivity index (χ1) is 17.0. The summed E-state index contributed by atoms with van der Waals surface area (Å²) < 4.78 is 0.625. The van der Waals surface area contributed by atoms with Crippen LogP contribution in [0.5, 0.6) is 0 Å². The van der Waals surface area contributed by atoms with Gasteiger partial charge in [0, 0.05) is 22.1 Å². The minimum absolute atomic E-state index is 0.202. The van der Waals surface area contributed by atoms with Gasteiger partial charge in [0.05, 0.1) is 37.2 Å². The summed E-state index contributed by atoms with van der Waals surface area (Å²) in [4.78, 5) is 45.5. The van der Waals surface area contributed by atoms with Crippen molar-refractivity contribution in [3.8, 4) is 10.6 Å². The van der Waals surface area contributed by atoms with Crippen molar-refractivity contribution in [1.29, 1.82) is 0 Å². The summed E-state index contributed by atoms with van der Waals surface area (Å²) >= 11 is 7.49. The third-order valence-electron chi connectivity index (χ3n) is 5.99. The first-order valence-corrected chi connectivity index (χ1v) is 12.0. The molecule has 0 saturated heterocycles. The number of fused-ring (bicyclic) bond motifs is 3. The molecule has 3 aromatic carbocycles. The van der Waals surface area contributed by atoms with Crippen molar-refractivity contribution >= 4 is 57.0 Å². The molecule has 1 amide bonds. The molecule has 6 rings (SSSR count). The molecule has 5 nitrogen and oxygen atoms in total. The van der Waals surface area contributed by atoms with Crippen LogP contribution < -0.4 is 5.32 Å². The first-order valence-electron chi connectivity index (χ1n) is 10.8. The van der Waals surface area contributed by atoms with Crippen molar-refractivity contribution in [2.45, 2.75) is 0 Å². The number of hydrogen-bond acceptors (Lipinski definition) is 5. The lowest BCUT2D eigenvalue weighted by molar-refractivity contribution is 0.0978. The van der Waals surface area contributed by atoms with E-state index in [2.05, 4.69) is 5.32 Å². The van der Waals surface area contributed by atoms with E-state index in [-0.39, 0.29) is 22.7 Å². The Bertz CT molecular complexity index is 1710. The molecule has 0 fully saturated rings. The zero-order chi connectivity index (χ0) is 24.1. The lowest BCUT2D eigenvalue weighted by atomic mass is 9.83. The summed E-state index contributed by atoms with van der Waals surface area (Å²) in [6.45, 7) is 0. The number of para-hydroxylation sites is 1. The standard InChI is InChI=1S/C28H15ClN2O3S/c29-24-13-12-23(35-24)22-14-19(15-6-3-4-10-20(15)30-22)28(34)31-21-11-5-9-18-25(21)27(33)17-8-2-1-7-16(17)26(18)32/h1-14H,(H,31,34). The molecule has 168 valence electrons. The lowest BCUT2D eigenvalue weighted by Crippen LogP contribution is -2.24. The molecular formula is C28H15ClN2O3S. The number of carbonyl (C=O) groups is 3. The molecule has 5 aromatic rings. The number of anilines is 1. The second-order valence-corrected chi connectivity index (χ2v) is 9.78. The van der Waals surface area contributed by atoms with Crippen molar-refractivity contribution in [1.82, 2.24) is 4.98 Å². The fourth-order valence-corrected chi connectivity index (χ4v) is 5.38. The highest BCUT2D eigenvalue weighted by Gasteiger charge is 2.32. The van der Waals surface area contributed by atoms with E-state index >= 15 is 0 Å². The zero-order valence-corrected chi connectivity index (χ0v) is 19.6. The molecule has 0 saturated carbocycles. The second-order valence-electron chi connectivity index (χ2n) is 8.06. The molecule has 0 aliphatic heterocycles. The van der Waals surface area contributed by atoms with Crippen molar-refractivity contribution in [3.05, 3.63) is 117 Å². The van der Waals surface area contributed by atoms with Crippen LogP contribution in [0.2, 0.25) is 4.34 Å². The van der Waals surface area contributed by atoms with Crippen molar-refractivity contribution in [3.63, 3.8) is 0 Å². The summed E-state index contributed by atoms with van der Waals surface area (Å²) in [5.41, 5.74) is 3.17. The molecule has 0 unspecified atom stereocenters. The third kappa shape index (κ3) is 3.55. The van der Waals surface area contributed by atoms with Gasteiger partial charge in [-0.3, -0.25) is 14.4 Å². The molecule has 2 heterocycles. The summed E-state index contributed by atoms with van der Waals surface area (Å²) in [5, 5.41) is 3.56. The number of halogens is 1. The van der Waals surface area contributed by atoms with Gasteiger partial charge in [-0.25, -0.2) is 4.98 Å². The Labute approximate surface area is 209 Å². The van der Waals surface area contributed by atoms with Gasteiger partial charge < -0.3 is 5.32 Å². The Morgan fingerprint density at radius 3 is 2.29 bits per heavy atom. The number of thiophene rings is 1. The lowest BCUT2D eigenvalue weighted by Gasteiger charge is -2.20. The van der Waals surface area contributed by atoms with Crippen LogP contribution >= 0.6 is 22.9 Å². The number of nitrogens with zero attached hydrogens (tertiary/aromatic N) is 1. The van der Waals surface area contributed by atoms with E-state index in [1.165, 1.54) is 11.3 Å². The highest BCUT2D eigenvalue weighted by atomic mass is 35.5. The minimum Gasteiger partial charge on any atom is -0.321 e. The van der Waals surface area contributed by atoms with Gasteiger partial charge in [-0.15, -0.1) is 11.3 Å². The predicted octanol–water partition coefficient (Wildman–Crippen LogP) is 6.64. The Hall–Kier alpha value is -4.13. The summed E-state index contributed by atoms with van der Waals surface area (Å²) in [6.07, 6.45) is 0. The maximum Gasteiger partial charge on any atom is 0.256 e. The number of amides is 1. The van der Waals surface area contributed by atoms with E-state index in [0.29, 0.717) is 43.3 Å². The van der Waals surface area contributed by atoms with E-state index < -0.39 is 5.91 Å². The Kier molecular flexibility index (Phi) is 5.06. The van der Waals surface area contributed by atoms with Gasteiger partial charge >= 0.3 is 0 Å². The summed E-state index contributed by atoms with van der Waals surface area (Å²) in [6, 6.07) is 24.4. The number of ketones is 2. The van der Waals surface area contributed by atoms with Crippen LogP contribution in [0.15, 0.2) is 84.9 Å². The Morgan fingerprint density at radius 1 is 0.800 bits per heavy atom. The first kappa shape index (κ1) is 21.4. The molecule has 0 bridgehead atoms. The quantitative estimate of drug-likeness (QED) is 0.299. The minimum atomic E-state index is -0.403. The molecule has 7 heteroatoms. The molecule has 1 aliphatic rings. The highest BCUT2D eigenvalue weighted by Crippen LogP contribution is 2.34. The average Bonchev–Trinajstić information content (AvgIpc) is 3.32. The van der Waals surface area contributed by atoms with Gasteiger partial charge in [0.15, 0.2) is 11.6 Å². The van der Waals surface area contributed by atoms with Crippen molar-refractivity contribution in [2.75, 3.05) is 5.32 Å². The van der Waals surface area contributed by atoms with Crippen molar-refractivity contribution < 1.29 is 14.4 Å². The van der Waals surface area contributed by atoms with Gasteiger partial charge in [0.2, 0.25) is 0 Å². The van der Waals surface area contributed by atoms with E-state index in [1.807, 2.05) is 30.3 Å². The zero-order valence-electron chi connectivity index (χ0n) is 18.0. The number of nitrogens with one attached hydrogen (secondary N) is 1. The van der Waals surface area contributed by atoms with Crippen LogP contribution in [0.25, 0.3) is 21.5 Å². The largest absolute Gasteiger partial charge is 0.321 e. The van der Waals surface area contributed by atoms with Crippen molar-refractivity contribution in [2.24, 2.45) is 0 Å². The van der Waals surface area contributed by atoms with E-state index in [9.17, 15) is 14.4 Å². The van der Waals surface area contributed by atoms with Gasteiger partial charge in [0.25, 0.3) is 5.91 Å². The molecule has 0 spiro atoms. The molecule has 0 radical (unpaired) electrons. The van der Waals surface area contributed by atoms with E-state index in [0.717, 1.165) is 4.88 Å². The number of aromatic nitrogens is 1. The van der Waals surface area contributed by atoms with Crippen LogP contribution in [-0.4, -0.2) is 22.5 Å². The van der Waals surface area contributed by atoms with E-state index in [1.54, 1.807) is 54.6 Å². The number of carbonyl (C=O) groups excluding carboxylic acids is 3. The Balaban J connectivity index is 1.45. The van der Waals surface area contributed by atoms with Crippen LogP contribution in [0, 0.1) is 0 Å². The number of hydrogen-bond donors (Lipinski definition) is 1. The topological polar surface area (TPSA) is 76.1 Å². The molecule has 1 N–H and O–H groups in total. The second kappa shape index (κ2) is 8.27. The molecule has 2 aromatic heterocycles. The Morgan fingerprint density at radius 2 is 1.51 bits per heavy atom. The fraction of sp³-hybridized carbons (Fsp3) is 0. The van der Waals surface area contributed by atoms with Crippen LogP contribution in [0.3, 0.4) is 0 Å². The van der Waals surface area contributed by atoms with Gasteiger partial charge in [-0.1, -0.05) is 66.2 Å².